The molecule has 0 saturated carbocycles. The molecule has 122 valence electrons. The van der Waals surface area contributed by atoms with Gasteiger partial charge in [-0.25, -0.2) is 10.6 Å². The summed E-state index contributed by atoms with van der Waals surface area (Å²) in [6.45, 7) is 3.25. The number of amides is 1. The summed E-state index contributed by atoms with van der Waals surface area (Å²) in [6.07, 6.45) is 1.52. The second-order valence-corrected chi connectivity index (χ2v) is 2.74. The van der Waals surface area contributed by atoms with Gasteiger partial charge >= 0.3 is 5.97 Å². The first-order valence-corrected chi connectivity index (χ1v) is 4.86. The maximum atomic E-state index is 10.1. The molecule has 0 spiro atoms. The van der Waals surface area contributed by atoms with Crippen LogP contribution in [-0.2, 0) is 24.0 Å². The van der Waals surface area contributed by atoms with Crippen molar-refractivity contribution in [2.75, 3.05) is 0 Å². The minimum absolute atomic E-state index is 0.641. The molecule has 0 radical (unpaired) electrons. The highest BCUT2D eigenvalue weighted by Gasteiger charge is 1.90. The van der Waals surface area contributed by atoms with Crippen LogP contribution in [0.15, 0.2) is 12.2 Å². The van der Waals surface area contributed by atoms with Crippen molar-refractivity contribution in [2.24, 2.45) is 5.84 Å². The minimum Gasteiger partial charge on any atom is -0.481 e. The Morgan fingerprint density at radius 3 is 1.14 bits per heavy atom. The highest BCUT2D eigenvalue weighted by Crippen LogP contribution is 1.70. The van der Waals surface area contributed by atoms with Gasteiger partial charge in [0.1, 0.15) is 0 Å². The number of aliphatic carboxylic acids is 4. The quantitative estimate of drug-likeness (QED) is 0.157. The topological polar surface area (TPSA) is 204 Å². The number of carboxylic acid groups (broad SMARTS) is 4. The zero-order chi connectivity index (χ0) is 18.0. The van der Waals surface area contributed by atoms with Gasteiger partial charge in [-0.3, -0.25) is 24.6 Å². The minimum atomic E-state index is -1.18. The van der Waals surface area contributed by atoms with E-state index in [2.05, 4.69) is 5.84 Å². The summed E-state index contributed by atoms with van der Waals surface area (Å²) in [5.74, 6) is 0.291. The van der Waals surface area contributed by atoms with Crippen LogP contribution in [0.1, 0.15) is 20.8 Å². The van der Waals surface area contributed by atoms with Crippen LogP contribution in [0.2, 0.25) is 0 Å². The zero-order valence-electron chi connectivity index (χ0n) is 11.6. The van der Waals surface area contributed by atoms with Crippen molar-refractivity contribution in [3.8, 4) is 0 Å². The summed E-state index contributed by atoms with van der Waals surface area (Å²) in [5.41, 5.74) is 1.73. The monoisotopic (exact) mass is 310 g/mol. The lowest BCUT2D eigenvalue weighted by Crippen LogP contribution is -2.28. The zero-order valence-corrected chi connectivity index (χ0v) is 11.6. The molecule has 0 bridgehead atoms. The molecule has 7 N–H and O–H groups in total. The molecule has 1 amide bonds. The Balaban J connectivity index is -0.000000102. The third-order valence-corrected chi connectivity index (χ3v) is 0.520. The van der Waals surface area contributed by atoms with E-state index in [1.54, 1.807) is 5.43 Å². The number of carbonyl (C=O) groups is 5. The van der Waals surface area contributed by atoms with Crippen LogP contribution in [0.4, 0.5) is 0 Å². The van der Waals surface area contributed by atoms with E-state index in [9.17, 15) is 9.59 Å². The average molecular weight is 310 g/mol. The number of hydrazine groups is 1. The number of carboxylic acids is 4. The van der Waals surface area contributed by atoms with E-state index >= 15 is 0 Å². The SMILES string of the molecule is CC(=O)O.CC(=O)O.CC(=O)O.NNC(=O)C=CC(=O)O. The molecule has 11 nitrogen and oxygen atoms in total. The third-order valence-electron chi connectivity index (χ3n) is 0.520. The number of carbonyl (C=O) groups excluding carboxylic acids is 1. The van der Waals surface area contributed by atoms with Gasteiger partial charge in [0.05, 0.1) is 0 Å². The number of hydrogen-bond acceptors (Lipinski definition) is 6. The Hall–Kier alpha value is -2.95. The molecular formula is C10H18N2O9. The van der Waals surface area contributed by atoms with Crippen LogP contribution in [-0.4, -0.2) is 50.2 Å². The van der Waals surface area contributed by atoms with Crippen molar-refractivity contribution in [1.29, 1.82) is 0 Å². The largest absolute Gasteiger partial charge is 0.481 e. The van der Waals surface area contributed by atoms with E-state index in [1.807, 2.05) is 0 Å². The lowest BCUT2D eigenvalue weighted by Gasteiger charge is -1.85. The fraction of sp³-hybridized carbons (Fsp3) is 0.300. The molecule has 0 unspecified atom stereocenters. The van der Waals surface area contributed by atoms with E-state index in [1.165, 1.54) is 0 Å². The normalized spacial score (nSPS) is 7.62. The smallest absolute Gasteiger partial charge is 0.328 e. The Labute approximate surface area is 119 Å². The van der Waals surface area contributed by atoms with Crippen LogP contribution in [0.25, 0.3) is 0 Å². The summed E-state index contributed by atoms with van der Waals surface area (Å²) in [4.78, 5) is 46.8. The molecular weight excluding hydrogens is 292 g/mol. The van der Waals surface area contributed by atoms with Gasteiger partial charge in [-0.2, -0.15) is 0 Å². The van der Waals surface area contributed by atoms with Gasteiger partial charge in [0.15, 0.2) is 0 Å². The summed E-state index contributed by atoms with van der Waals surface area (Å²) in [7, 11) is 0. The van der Waals surface area contributed by atoms with Crippen molar-refractivity contribution in [2.45, 2.75) is 20.8 Å². The molecule has 0 aliphatic carbocycles. The molecule has 0 atom stereocenters. The first kappa shape index (κ1) is 26.6. The number of rotatable bonds is 2. The van der Waals surface area contributed by atoms with Crippen LogP contribution in [0, 0.1) is 0 Å². The maximum Gasteiger partial charge on any atom is 0.328 e. The molecule has 0 aromatic carbocycles. The van der Waals surface area contributed by atoms with Gasteiger partial charge in [0.2, 0.25) is 0 Å². The molecule has 0 fully saturated rings. The van der Waals surface area contributed by atoms with Gasteiger partial charge in [0, 0.05) is 32.9 Å². The summed E-state index contributed by atoms with van der Waals surface area (Å²) >= 11 is 0. The van der Waals surface area contributed by atoms with E-state index in [0.717, 1.165) is 26.8 Å². The van der Waals surface area contributed by atoms with Crippen LogP contribution in [0.3, 0.4) is 0 Å². The fourth-order valence-electron chi connectivity index (χ4n) is 0.195. The second kappa shape index (κ2) is 19.4. The molecule has 0 aliphatic heterocycles. The van der Waals surface area contributed by atoms with E-state index in [0.29, 0.717) is 6.08 Å². The number of hydrogen-bond donors (Lipinski definition) is 6. The molecule has 0 heterocycles. The predicted molar refractivity (Wildman–Crippen MR) is 69.0 cm³/mol. The Morgan fingerprint density at radius 2 is 1.00 bits per heavy atom. The van der Waals surface area contributed by atoms with Crippen molar-refractivity contribution >= 4 is 29.8 Å². The third kappa shape index (κ3) is 235. The van der Waals surface area contributed by atoms with Crippen molar-refractivity contribution in [1.82, 2.24) is 5.43 Å². The van der Waals surface area contributed by atoms with Gasteiger partial charge < -0.3 is 20.4 Å². The lowest BCUT2D eigenvalue weighted by molar-refractivity contribution is -0.135. The molecule has 0 aliphatic rings. The fourth-order valence-corrected chi connectivity index (χ4v) is 0.195. The summed E-state index contributed by atoms with van der Waals surface area (Å²) in [6, 6.07) is 0. The second-order valence-electron chi connectivity index (χ2n) is 2.74. The molecule has 0 rings (SSSR count). The first-order valence-electron chi connectivity index (χ1n) is 4.86. The number of nitrogens with two attached hydrogens (primary N) is 1. The van der Waals surface area contributed by atoms with Crippen molar-refractivity contribution < 1.29 is 44.4 Å². The van der Waals surface area contributed by atoms with Crippen LogP contribution < -0.4 is 11.3 Å². The molecule has 0 aromatic rings. The molecule has 11 heteroatoms. The highest BCUT2D eigenvalue weighted by atomic mass is 16.4. The van der Waals surface area contributed by atoms with Crippen LogP contribution >= 0.6 is 0 Å². The molecule has 0 saturated heterocycles. The predicted octanol–water partition coefficient (Wildman–Crippen LogP) is -1.11. The Kier molecular flexibility index (Phi) is 24.5. The molecule has 21 heavy (non-hydrogen) atoms. The van der Waals surface area contributed by atoms with Gasteiger partial charge in [-0.15, -0.1) is 0 Å². The van der Waals surface area contributed by atoms with Crippen molar-refractivity contribution in [3.63, 3.8) is 0 Å². The molecule has 0 aromatic heterocycles. The summed E-state index contributed by atoms with van der Waals surface area (Å²) < 4.78 is 0. The number of nitrogens with one attached hydrogen (secondary N) is 1. The summed E-state index contributed by atoms with van der Waals surface area (Å²) in [5, 5.41) is 30.2. The van der Waals surface area contributed by atoms with E-state index in [-0.39, 0.29) is 0 Å². The first-order chi connectivity index (χ1) is 9.36. The lowest BCUT2D eigenvalue weighted by atomic mass is 10.5. The Bertz CT molecular complexity index is 336. The van der Waals surface area contributed by atoms with Gasteiger partial charge in [0.25, 0.3) is 23.8 Å². The average Bonchev–Trinajstić information content (AvgIpc) is 2.23. The van der Waals surface area contributed by atoms with E-state index < -0.39 is 29.8 Å². The highest BCUT2D eigenvalue weighted by molar-refractivity contribution is 5.93. The van der Waals surface area contributed by atoms with Crippen LogP contribution in [0.5, 0.6) is 0 Å². The standard InChI is InChI=1S/C4H6N2O3.3C2H4O2/c5-6-3(7)1-2-4(8)9;3*1-2(3)4/h1-2H,5H2,(H,6,7)(H,8,9);3*1H3,(H,3,4). The van der Waals surface area contributed by atoms with E-state index in [4.69, 9.17) is 34.8 Å². The maximum absolute atomic E-state index is 10.1. The van der Waals surface area contributed by atoms with Gasteiger partial charge in [-0.05, 0) is 0 Å². The van der Waals surface area contributed by atoms with Crippen molar-refractivity contribution in [3.05, 3.63) is 12.2 Å². The Morgan fingerprint density at radius 1 is 0.762 bits per heavy atom. The van der Waals surface area contributed by atoms with Gasteiger partial charge in [-0.1, -0.05) is 0 Å².